The summed E-state index contributed by atoms with van der Waals surface area (Å²) in [6.07, 6.45) is 4.36. The lowest BCUT2D eigenvalue weighted by molar-refractivity contribution is -0.143. The summed E-state index contributed by atoms with van der Waals surface area (Å²) in [6, 6.07) is 0. The maximum atomic E-state index is 11.0. The van der Waals surface area contributed by atoms with Crippen LogP contribution in [0.5, 0.6) is 0 Å². The molecule has 0 aromatic rings. The number of ether oxygens (including phenoxy) is 1. The third-order valence-corrected chi connectivity index (χ3v) is 2.05. The molecule has 0 amide bonds. The SMILES string of the molecule is CCOC(=O)CCCCCNCCCO. The van der Waals surface area contributed by atoms with Gasteiger partial charge in [0.2, 0.25) is 0 Å². The second-order valence-electron chi connectivity index (χ2n) is 3.44. The van der Waals surface area contributed by atoms with Crippen LogP contribution in [0.3, 0.4) is 0 Å². The van der Waals surface area contributed by atoms with Crippen LogP contribution in [0.4, 0.5) is 0 Å². The largest absolute Gasteiger partial charge is 0.466 e. The normalized spacial score (nSPS) is 10.3. The monoisotopic (exact) mass is 217 g/mol. The first-order valence-electron chi connectivity index (χ1n) is 5.78. The molecule has 2 N–H and O–H groups in total. The van der Waals surface area contributed by atoms with E-state index in [-0.39, 0.29) is 12.6 Å². The van der Waals surface area contributed by atoms with E-state index in [4.69, 9.17) is 9.84 Å². The fraction of sp³-hybridized carbons (Fsp3) is 0.909. The van der Waals surface area contributed by atoms with Crippen LogP contribution in [0.25, 0.3) is 0 Å². The molecule has 4 heteroatoms. The van der Waals surface area contributed by atoms with Crippen molar-refractivity contribution in [3.8, 4) is 0 Å². The number of nitrogens with one attached hydrogen (secondary N) is 1. The molecule has 15 heavy (non-hydrogen) atoms. The van der Waals surface area contributed by atoms with Gasteiger partial charge in [-0.15, -0.1) is 0 Å². The number of esters is 1. The molecular formula is C11H23NO3. The van der Waals surface area contributed by atoms with Crippen molar-refractivity contribution in [2.45, 2.75) is 39.0 Å². The molecule has 0 aromatic carbocycles. The molecule has 0 radical (unpaired) electrons. The Bertz CT molecular complexity index is 151. The van der Waals surface area contributed by atoms with Gasteiger partial charge in [-0.3, -0.25) is 4.79 Å². The van der Waals surface area contributed by atoms with Gasteiger partial charge in [0.1, 0.15) is 0 Å². The van der Waals surface area contributed by atoms with Crippen molar-refractivity contribution >= 4 is 5.97 Å². The predicted molar refractivity (Wildman–Crippen MR) is 59.7 cm³/mol. The van der Waals surface area contributed by atoms with Crippen LogP contribution in [0, 0.1) is 0 Å². The third kappa shape index (κ3) is 11.3. The summed E-state index contributed by atoms with van der Waals surface area (Å²) >= 11 is 0. The number of hydrogen-bond donors (Lipinski definition) is 2. The molecule has 90 valence electrons. The zero-order chi connectivity index (χ0) is 11.4. The fourth-order valence-corrected chi connectivity index (χ4v) is 1.26. The van der Waals surface area contributed by atoms with E-state index in [0.29, 0.717) is 13.0 Å². The van der Waals surface area contributed by atoms with Gasteiger partial charge in [-0.1, -0.05) is 6.42 Å². The number of aliphatic hydroxyl groups excluding tert-OH is 1. The van der Waals surface area contributed by atoms with Crippen LogP contribution >= 0.6 is 0 Å². The van der Waals surface area contributed by atoms with Crippen LogP contribution < -0.4 is 5.32 Å². The van der Waals surface area contributed by atoms with E-state index in [9.17, 15) is 4.79 Å². The summed E-state index contributed by atoms with van der Waals surface area (Å²) in [7, 11) is 0. The minimum atomic E-state index is -0.0919. The number of carbonyl (C=O) groups excluding carboxylic acids is 1. The van der Waals surface area contributed by atoms with E-state index < -0.39 is 0 Å². The molecule has 0 aliphatic carbocycles. The van der Waals surface area contributed by atoms with Crippen LogP contribution in [0.1, 0.15) is 39.0 Å². The van der Waals surface area contributed by atoms with Gasteiger partial charge in [0.15, 0.2) is 0 Å². The molecule has 0 bridgehead atoms. The lowest BCUT2D eigenvalue weighted by Gasteiger charge is -2.03. The lowest BCUT2D eigenvalue weighted by atomic mass is 10.2. The lowest BCUT2D eigenvalue weighted by Crippen LogP contribution is -2.17. The summed E-state index contributed by atoms with van der Waals surface area (Å²) in [4.78, 5) is 11.0. The summed E-state index contributed by atoms with van der Waals surface area (Å²) < 4.78 is 4.82. The molecule has 0 atom stereocenters. The molecule has 0 spiro atoms. The number of carbonyl (C=O) groups is 1. The van der Waals surface area contributed by atoms with Crippen LogP contribution in [-0.2, 0) is 9.53 Å². The predicted octanol–water partition coefficient (Wildman–Crippen LogP) is 1.08. The van der Waals surface area contributed by atoms with Gasteiger partial charge in [0, 0.05) is 13.0 Å². The Morgan fingerprint density at radius 2 is 1.93 bits per heavy atom. The quantitative estimate of drug-likeness (QED) is 0.425. The fourth-order valence-electron chi connectivity index (χ4n) is 1.26. The van der Waals surface area contributed by atoms with Crippen LogP contribution in [0.2, 0.25) is 0 Å². The molecular weight excluding hydrogens is 194 g/mol. The third-order valence-electron chi connectivity index (χ3n) is 2.05. The van der Waals surface area contributed by atoms with E-state index in [1.54, 1.807) is 0 Å². The van der Waals surface area contributed by atoms with Crippen LogP contribution in [0.15, 0.2) is 0 Å². The first-order valence-corrected chi connectivity index (χ1v) is 5.78. The Balaban J connectivity index is 3.01. The van der Waals surface area contributed by atoms with Gasteiger partial charge in [0.25, 0.3) is 0 Å². The zero-order valence-electron chi connectivity index (χ0n) is 9.63. The van der Waals surface area contributed by atoms with Crippen molar-refractivity contribution in [2.24, 2.45) is 0 Å². The molecule has 0 unspecified atom stereocenters. The van der Waals surface area contributed by atoms with Crippen molar-refractivity contribution in [1.29, 1.82) is 0 Å². The molecule has 0 saturated heterocycles. The Morgan fingerprint density at radius 3 is 2.60 bits per heavy atom. The highest BCUT2D eigenvalue weighted by atomic mass is 16.5. The van der Waals surface area contributed by atoms with Gasteiger partial charge in [-0.25, -0.2) is 0 Å². The van der Waals surface area contributed by atoms with Gasteiger partial charge in [-0.2, -0.15) is 0 Å². The molecule has 4 nitrogen and oxygen atoms in total. The average Bonchev–Trinajstić information content (AvgIpc) is 2.22. The average molecular weight is 217 g/mol. The van der Waals surface area contributed by atoms with E-state index in [2.05, 4.69) is 5.32 Å². The van der Waals surface area contributed by atoms with Gasteiger partial charge in [-0.05, 0) is 39.3 Å². The maximum absolute atomic E-state index is 11.0. The Labute approximate surface area is 92.0 Å². The van der Waals surface area contributed by atoms with Crippen LogP contribution in [-0.4, -0.2) is 37.4 Å². The topological polar surface area (TPSA) is 58.6 Å². The number of hydrogen-bond acceptors (Lipinski definition) is 4. The Hall–Kier alpha value is -0.610. The van der Waals surface area contributed by atoms with Crippen molar-refractivity contribution in [3.05, 3.63) is 0 Å². The first kappa shape index (κ1) is 14.4. The van der Waals surface area contributed by atoms with E-state index in [0.717, 1.165) is 38.8 Å². The second kappa shape index (κ2) is 11.5. The highest BCUT2D eigenvalue weighted by Gasteiger charge is 1.99. The van der Waals surface area contributed by atoms with E-state index >= 15 is 0 Å². The Morgan fingerprint density at radius 1 is 1.20 bits per heavy atom. The van der Waals surface area contributed by atoms with Gasteiger partial charge < -0.3 is 15.2 Å². The molecule has 0 saturated carbocycles. The molecule has 0 rings (SSSR count). The summed E-state index contributed by atoms with van der Waals surface area (Å²) in [5, 5.41) is 11.8. The number of aliphatic hydroxyl groups is 1. The molecule has 0 heterocycles. The molecule has 0 aliphatic heterocycles. The smallest absolute Gasteiger partial charge is 0.305 e. The summed E-state index contributed by atoms with van der Waals surface area (Å²) in [5.41, 5.74) is 0. The molecule has 0 fully saturated rings. The summed E-state index contributed by atoms with van der Waals surface area (Å²) in [5.74, 6) is -0.0919. The second-order valence-corrected chi connectivity index (χ2v) is 3.44. The minimum absolute atomic E-state index is 0.0919. The highest BCUT2D eigenvalue weighted by molar-refractivity contribution is 5.69. The maximum Gasteiger partial charge on any atom is 0.305 e. The van der Waals surface area contributed by atoms with Crippen molar-refractivity contribution in [2.75, 3.05) is 26.3 Å². The Kier molecular flexibility index (Phi) is 11.0. The highest BCUT2D eigenvalue weighted by Crippen LogP contribution is 2.00. The first-order chi connectivity index (χ1) is 7.31. The minimum Gasteiger partial charge on any atom is -0.466 e. The molecule has 0 aromatic heterocycles. The van der Waals surface area contributed by atoms with Crippen molar-refractivity contribution < 1.29 is 14.6 Å². The standard InChI is InChI=1S/C11H23NO3/c1-2-15-11(14)7-4-3-5-8-12-9-6-10-13/h12-13H,2-10H2,1H3. The van der Waals surface area contributed by atoms with E-state index in [1.807, 2.05) is 6.92 Å². The zero-order valence-corrected chi connectivity index (χ0v) is 9.63. The van der Waals surface area contributed by atoms with Gasteiger partial charge in [0.05, 0.1) is 6.61 Å². The number of unbranched alkanes of at least 4 members (excludes halogenated alkanes) is 2. The molecule has 0 aliphatic rings. The van der Waals surface area contributed by atoms with Crippen molar-refractivity contribution in [1.82, 2.24) is 5.32 Å². The van der Waals surface area contributed by atoms with Gasteiger partial charge >= 0.3 is 5.97 Å². The summed E-state index contributed by atoms with van der Waals surface area (Å²) in [6.45, 7) is 4.37. The van der Waals surface area contributed by atoms with E-state index in [1.165, 1.54) is 0 Å². The number of rotatable bonds is 10. The van der Waals surface area contributed by atoms with Crippen molar-refractivity contribution in [3.63, 3.8) is 0 Å².